The van der Waals surface area contributed by atoms with E-state index in [4.69, 9.17) is 22.1 Å². The van der Waals surface area contributed by atoms with E-state index in [0.29, 0.717) is 21.9 Å². The number of nitrogens with zero attached hydrogens (tertiary/aromatic N) is 1. The Hall–Kier alpha value is -2.18. The summed E-state index contributed by atoms with van der Waals surface area (Å²) in [7, 11) is 0. The second-order valence-electron chi connectivity index (χ2n) is 4.28. The first-order valence-corrected chi connectivity index (χ1v) is 6.43. The summed E-state index contributed by atoms with van der Waals surface area (Å²) in [6, 6.07) is 8.25. The maximum Gasteiger partial charge on any atom is 0.270 e. The van der Waals surface area contributed by atoms with E-state index in [1.165, 1.54) is 36.4 Å². The van der Waals surface area contributed by atoms with E-state index in [0.717, 1.165) is 0 Å². The molecule has 21 heavy (non-hydrogen) atoms. The fraction of sp³-hybridized carbons (Fsp3) is 0.143. The summed E-state index contributed by atoms with van der Waals surface area (Å²) in [5.74, 6) is -0.0573. The average molecular weight is 311 g/mol. The predicted octanol–water partition coefficient (Wildman–Crippen LogP) is 3.43. The van der Waals surface area contributed by atoms with Gasteiger partial charge in [-0.1, -0.05) is 11.6 Å². The van der Waals surface area contributed by atoms with Gasteiger partial charge in [0.05, 0.1) is 4.92 Å². The summed E-state index contributed by atoms with van der Waals surface area (Å²) >= 11 is 5.80. The summed E-state index contributed by atoms with van der Waals surface area (Å²) in [6.07, 6.45) is 0. The van der Waals surface area contributed by atoms with E-state index in [2.05, 4.69) is 0 Å². The number of non-ortho nitro benzene ring substituents is 1. The van der Waals surface area contributed by atoms with E-state index in [9.17, 15) is 14.5 Å². The Kier molecular flexibility index (Phi) is 4.72. The van der Waals surface area contributed by atoms with Crippen molar-refractivity contribution >= 4 is 17.3 Å². The molecule has 0 heterocycles. The van der Waals surface area contributed by atoms with E-state index >= 15 is 0 Å². The SMILES string of the molecule is NCc1cc([N+](=O)[O-])ccc1OCc1cc(Cl)ccc1F. The van der Waals surface area contributed by atoms with Crippen LogP contribution in [0.2, 0.25) is 5.02 Å². The van der Waals surface area contributed by atoms with Crippen LogP contribution in [-0.4, -0.2) is 4.92 Å². The molecule has 0 aliphatic carbocycles. The lowest BCUT2D eigenvalue weighted by atomic mass is 10.1. The number of nitrogens with two attached hydrogens (primary N) is 1. The minimum atomic E-state index is -0.514. The maximum absolute atomic E-state index is 13.6. The first-order chi connectivity index (χ1) is 10.0. The molecule has 0 aliphatic rings. The Morgan fingerprint density at radius 3 is 2.67 bits per heavy atom. The van der Waals surface area contributed by atoms with Crippen molar-refractivity contribution in [3.8, 4) is 5.75 Å². The van der Waals surface area contributed by atoms with Gasteiger partial charge in [0.15, 0.2) is 0 Å². The standard InChI is InChI=1S/C14H12ClFN2O3/c15-11-1-3-13(16)10(5-11)8-21-14-4-2-12(18(19)20)6-9(14)7-17/h1-6H,7-8,17H2. The van der Waals surface area contributed by atoms with Crippen molar-refractivity contribution in [2.24, 2.45) is 5.73 Å². The second kappa shape index (κ2) is 6.51. The summed E-state index contributed by atoms with van der Waals surface area (Å²) in [5, 5.41) is 11.1. The molecule has 0 aliphatic heterocycles. The fourth-order valence-corrected chi connectivity index (χ4v) is 1.98. The normalized spacial score (nSPS) is 10.4. The van der Waals surface area contributed by atoms with Gasteiger partial charge in [0.25, 0.3) is 5.69 Å². The van der Waals surface area contributed by atoms with Crippen LogP contribution in [0, 0.1) is 15.9 Å². The molecule has 0 atom stereocenters. The Balaban J connectivity index is 2.19. The Morgan fingerprint density at radius 2 is 2.00 bits per heavy atom. The van der Waals surface area contributed by atoms with Gasteiger partial charge in [-0.05, 0) is 24.3 Å². The highest BCUT2D eigenvalue weighted by Crippen LogP contribution is 2.25. The van der Waals surface area contributed by atoms with Gasteiger partial charge in [-0.2, -0.15) is 0 Å². The molecule has 2 aromatic rings. The summed E-state index contributed by atoms with van der Waals surface area (Å²) in [4.78, 5) is 10.2. The molecule has 7 heteroatoms. The highest BCUT2D eigenvalue weighted by atomic mass is 35.5. The molecular weight excluding hydrogens is 299 g/mol. The largest absolute Gasteiger partial charge is 0.488 e. The first-order valence-electron chi connectivity index (χ1n) is 6.05. The van der Waals surface area contributed by atoms with Gasteiger partial charge < -0.3 is 10.5 Å². The number of nitro groups is 1. The molecule has 0 bridgehead atoms. The van der Waals surface area contributed by atoms with Crippen LogP contribution >= 0.6 is 11.6 Å². The number of hydrogen-bond donors (Lipinski definition) is 1. The number of benzene rings is 2. The molecule has 2 rings (SSSR count). The van der Waals surface area contributed by atoms with Crippen LogP contribution in [0.15, 0.2) is 36.4 Å². The third-order valence-corrected chi connectivity index (χ3v) is 3.10. The van der Waals surface area contributed by atoms with Crippen LogP contribution < -0.4 is 10.5 Å². The van der Waals surface area contributed by atoms with Crippen LogP contribution in [0.25, 0.3) is 0 Å². The molecular formula is C14H12ClFN2O3. The lowest BCUT2D eigenvalue weighted by Gasteiger charge is -2.11. The van der Waals surface area contributed by atoms with Gasteiger partial charge in [0.2, 0.25) is 0 Å². The molecule has 2 N–H and O–H groups in total. The Bertz CT molecular complexity index is 679. The number of hydrogen-bond acceptors (Lipinski definition) is 4. The first kappa shape index (κ1) is 15.2. The molecule has 0 saturated carbocycles. The van der Waals surface area contributed by atoms with Crippen molar-refractivity contribution in [3.63, 3.8) is 0 Å². The van der Waals surface area contributed by atoms with Gasteiger partial charge in [-0.25, -0.2) is 4.39 Å². The second-order valence-corrected chi connectivity index (χ2v) is 4.71. The van der Waals surface area contributed by atoms with Crippen molar-refractivity contribution in [1.82, 2.24) is 0 Å². The highest BCUT2D eigenvalue weighted by Gasteiger charge is 2.12. The van der Waals surface area contributed by atoms with Gasteiger partial charge in [-0.15, -0.1) is 0 Å². The van der Waals surface area contributed by atoms with E-state index < -0.39 is 10.7 Å². The van der Waals surface area contributed by atoms with Crippen molar-refractivity contribution in [3.05, 3.63) is 68.5 Å². The average Bonchev–Trinajstić information content (AvgIpc) is 2.47. The molecule has 0 spiro atoms. The molecule has 2 aromatic carbocycles. The minimum absolute atomic E-state index is 0.0444. The van der Waals surface area contributed by atoms with Crippen molar-refractivity contribution in [2.75, 3.05) is 0 Å². The summed E-state index contributed by atoms with van der Waals surface area (Å²) < 4.78 is 19.1. The topological polar surface area (TPSA) is 78.4 Å². The Morgan fingerprint density at radius 1 is 1.24 bits per heavy atom. The lowest BCUT2D eigenvalue weighted by molar-refractivity contribution is -0.384. The van der Waals surface area contributed by atoms with Crippen LogP contribution in [0.4, 0.5) is 10.1 Å². The molecule has 0 radical (unpaired) electrons. The maximum atomic E-state index is 13.6. The smallest absolute Gasteiger partial charge is 0.270 e. The number of halogens is 2. The van der Waals surface area contributed by atoms with E-state index in [1.807, 2.05) is 0 Å². The molecule has 0 fully saturated rings. The lowest BCUT2D eigenvalue weighted by Crippen LogP contribution is -2.04. The summed E-state index contributed by atoms with van der Waals surface area (Å²) in [5.41, 5.74) is 6.25. The zero-order valence-electron chi connectivity index (χ0n) is 10.9. The van der Waals surface area contributed by atoms with Gasteiger partial charge in [-0.3, -0.25) is 10.1 Å². The van der Waals surface area contributed by atoms with E-state index in [1.54, 1.807) is 0 Å². The van der Waals surface area contributed by atoms with E-state index in [-0.39, 0.29) is 18.8 Å². The molecule has 0 unspecified atom stereocenters. The number of nitro benzene ring substituents is 1. The van der Waals surface area contributed by atoms with Crippen LogP contribution in [0.3, 0.4) is 0 Å². The van der Waals surface area contributed by atoms with Gasteiger partial charge in [0, 0.05) is 34.8 Å². The molecule has 0 amide bonds. The zero-order chi connectivity index (χ0) is 15.4. The molecule has 0 saturated heterocycles. The van der Waals surface area contributed by atoms with Crippen LogP contribution in [-0.2, 0) is 13.2 Å². The molecule has 5 nitrogen and oxygen atoms in total. The van der Waals surface area contributed by atoms with Crippen molar-refractivity contribution in [1.29, 1.82) is 0 Å². The van der Waals surface area contributed by atoms with Gasteiger partial charge >= 0.3 is 0 Å². The zero-order valence-corrected chi connectivity index (χ0v) is 11.6. The molecule has 110 valence electrons. The minimum Gasteiger partial charge on any atom is -0.488 e. The quantitative estimate of drug-likeness (QED) is 0.678. The molecule has 0 aromatic heterocycles. The predicted molar refractivity (Wildman–Crippen MR) is 76.7 cm³/mol. The monoisotopic (exact) mass is 310 g/mol. The summed E-state index contributed by atoms with van der Waals surface area (Å²) in [6.45, 7) is 0.0340. The Labute approximate surface area is 125 Å². The third kappa shape index (κ3) is 3.68. The highest BCUT2D eigenvalue weighted by molar-refractivity contribution is 6.30. The fourth-order valence-electron chi connectivity index (χ4n) is 1.79. The van der Waals surface area contributed by atoms with Gasteiger partial charge in [0.1, 0.15) is 18.2 Å². The number of ether oxygens (including phenoxy) is 1. The van der Waals surface area contributed by atoms with Crippen molar-refractivity contribution in [2.45, 2.75) is 13.2 Å². The third-order valence-electron chi connectivity index (χ3n) is 2.87. The van der Waals surface area contributed by atoms with Crippen molar-refractivity contribution < 1.29 is 14.1 Å². The number of rotatable bonds is 5. The van der Waals surface area contributed by atoms with Crippen LogP contribution in [0.1, 0.15) is 11.1 Å². The van der Waals surface area contributed by atoms with Crippen LogP contribution in [0.5, 0.6) is 5.75 Å².